The zero-order valence-corrected chi connectivity index (χ0v) is 12.1. The maximum atomic E-state index is 13.9. The Labute approximate surface area is 117 Å². The Morgan fingerprint density at radius 3 is 2.55 bits per heavy atom. The molecule has 1 atom stereocenters. The van der Waals surface area contributed by atoms with Crippen LogP contribution in [-0.2, 0) is 10.2 Å². The molecular weight excluding hydrogens is 257 g/mol. The van der Waals surface area contributed by atoms with Crippen molar-refractivity contribution >= 4 is 16.9 Å². The van der Waals surface area contributed by atoms with Gasteiger partial charge in [-0.3, -0.25) is 9.78 Å². The molecule has 1 aromatic carbocycles. The SMILES string of the molecule is CCC(C)(C(=O)O)c1c(C)cnc2cc(C)c(F)cc12. The standard InChI is InChI=1S/C16H18FNO2/c1-5-16(4,15(19)20)14-10(3)8-18-13-6-9(2)12(17)7-11(13)14/h6-8H,5H2,1-4H3,(H,19,20). The first-order chi connectivity index (χ1) is 9.31. The number of rotatable bonds is 3. The minimum Gasteiger partial charge on any atom is -0.481 e. The third-order valence-corrected chi connectivity index (χ3v) is 4.07. The number of pyridine rings is 1. The summed E-state index contributed by atoms with van der Waals surface area (Å²) in [5, 5.41) is 10.2. The molecule has 0 saturated heterocycles. The number of halogens is 1. The molecule has 0 bridgehead atoms. The zero-order chi connectivity index (χ0) is 15.1. The van der Waals surface area contributed by atoms with E-state index < -0.39 is 11.4 Å². The average molecular weight is 275 g/mol. The largest absolute Gasteiger partial charge is 0.481 e. The van der Waals surface area contributed by atoms with Gasteiger partial charge < -0.3 is 5.11 Å². The van der Waals surface area contributed by atoms with Gasteiger partial charge in [-0.2, -0.15) is 0 Å². The van der Waals surface area contributed by atoms with Gasteiger partial charge in [0.25, 0.3) is 0 Å². The number of carboxylic acids is 1. The van der Waals surface area contributed by atoms with Crippen LogP contribution < -0.4 is 0 Å². The molecule has 2 rings (SSSR count). The molecule has 0 aliphatic rings. The molecule has 2 aromatic rings. The second-order valence-corrected chi connectivity index (χ2v) is 5.43. The average Bonchev–Trinajstić information content (AvgIpc) is 2.39. The van der Waals surface area contributed by atoms with E-state index in [2.05, 4.69) is 4.98 Å². The lowest BCUT2D eigenvalue weighted by Gasteiger charge is -2.27. The highest BCUT2D eigenvalue weighted by atomic mass is 19.1. The van der Waals surface area contributed by atoms with Gasteiger partial charge in [0.15, 0.2) is 0 Å². The molecule has 106 valence electrons. The molecular formula is C16H18FNO2. The van der Waals surface area contributed by atoms with Crippen LogP contribution in [0.25, 0.3) is 10.9 Å². The van der Waals surface area contributed by atoms with Crippen molar-refractivity contribution in [3.05, 3.63) is 40.8 Å². The second kappa shape index (κ2) is 4.85. The fraction of sp³-hybridized carbons (Fsp3) is 0.375. The maximum absolute atomic E-state index is 13.9. The Hall–Kier alpha value is -1.97. The monoisotopic (exact) mass is 275 g/mol. The van der Waals surface area contributed by atoms with Crippen LogP contribution in [0.15, 0.2) is 18.3 Å². The van der Waals surface area contributed by atoms with Crippen molar-refractivity contribution in [2.45, 2.75) is 39.5 Å². The number of hydrogen-bond donors (Lipinski definition) is 1. The fourth-order valence-electron chi connectivity index (χ4n) is 2.58. The van der Waals surface area contributed by atoms with Crippen LogP contribution in [0.3, 0.4) is 0 Å². The fourth-order valence-corrected chi connectivity index (χ4v) is 2.58. The number of hydrogen-bond acceptors (Lipinski definition) is 2. The Morgan fingerprint density at radius 1 is 1.35 bits per heavy atom. The second-order valence-electron chi connectivity index (χ2n) is 5.43. The molecule has 1 heterocycles. The van der Waals surface area contributed by atoms with E-state index in [9.17, 15) is 14.3 Å². The number of carboxylic acid groups (broad SMARTS) is 1. The van der Waals surface area contributed by atoms with Gasteiger partial charge in [-0.05, 0) is 56.0 Å². The van der Waals surface area contributed by atoms with E-state index in [0.29, 0.717) is 28.5 Å². The topological polar surface area (TPSA) is 50.2 Å². The van der Waals surface area contributed by atoms with Gasteiger partial charge in [0.1, 0.15) is 5.82 Å². The first-order valence-electron chi connectivity index (χ1n) is 6.60. The van der Waals surface area contributed by atoms with Gasteiger partial charge in [-0.25, -0.2) is 4.39 Å². The number of aliphatic carboxylic acids is 1. The zero-order valence-electron chi connectivity index (χ0n) is 12.1. The van der Waals surface area contributed by atoms with Crippen LogP contribution in [0, 0.1) is 19.7 Å². The minimum absolute atomic E-state index is 0.338. The molecule has 1 N–H and O–H groups in total. The number of aryl methyl sites for hydroxylation is 2. The highest BCUT2D eigenvalue weighted by Crippen LogP contribution is 2.36. The molecule has 0 amide bonds. The molecule has 0 fully saturated rings. The normalized spacial score (nSPS) is 14.2. The Bertz CT molecular complexity index is 696. The Morgan fingerprint density at radius 2 is 2.00 bits per heavy atom. The van der Waals surface area contributed by atoms with E-state index in [4.69, 9.17) is 0 Å². The van der Waals surface area contributed by atoms with Gasteiger partial charge in [-0.15, -0.1) is 0 Å². The van der Waals surface area contributed by atoms with Crippen LogP contribution in [0.2, 0.25) is 0 Å². The van der Waals surface area contributed by atoms with Crippen molar-refractivity contribution in [3.8, 4) is 0 Å². The summed E-state index contributed by atoms with van der Waals surface area (Å²) in [6.45, 7) is 6.99. The van der Waals surface area contributed by atoms with Gasteiger partial charge in [0, 0.05) is 11.6 Å². The number of nitrogens with zero attached hydrogens (tertiary/aromatic N) is 1. The summed E-state index contributed by atoms with van der Waals surface area (Å²) in [5.74, 6) is -1.24. The quantitative estimate of drug-likeness (QED) is 0.928. The first kappa shape index (κ1) is 14.4. The van der Waals surface area contributed by atoms with E-state index in [1.165, 1.54) is 6.07 Å². The molecule has 0 radical (unpaired) electrons. The van der Waals surface area contributed by atoms with Crippen molar-refractivity contribution in [2.24, 2.45) is 0 Å². The maximum Gasteiger partial charge on any atom is 0.313 e. The Balaban J connectivity index is 2.91. The van der Waals surface area contributed by atoms with Crippen molar-refractivity contribution in [3.63, 3.8) is 0 Å². The summed E-state index contributed by atoms with van der Waals surface area (Å²) >= 11 is 0. The molecule has 0 spiro atoms. The number of aromatic nitrogens is 1. The summed E-state index contributed by atoms with van der Waals surface area (Å²) < 4.78 is 13.9. The van der Waals surface area contributed by atoms with Crippen LogP contribution in [0.4, 0.5) is 4.39 Å². The van der Waals surface area contributed by atoms with E-state index in [0.717, 1.165) is 5.56 Å². The van der Waals surface area contributed by atoms with Gasteiger partial charge in [0.05, 0.1) is 10.9 Å². The van der Waals surface area contributed by atoms with Gasteiger partial charge in [0.2, 0.25) is 0 Å². The highest BCUT2D eigenvalue weighted by Gasteiger charge is 2.36. The predicted molar refractivity (Wildman–Crippen MR) is 76.5 cm³/mol. The number of benzene rings is 1. The molecule has 1 unspecified atom stereocenters. The minimum atomic E-state index is -1.05. The lowest BCUT2D eigenvalue weighted by molar-refractivity contribution is -0.143. The summed E-state index contributed by atoms with van der Waals surface area (Å²) in [7, 11) is 0. The van der Waals surface area contributed by atoms with Crippen LogP contribution in [0.5, 0.6) is 0 Å². The van der Waals surface area contributed by atoms with Gasteiger partial charge >= 0.3 is 5.97 Å². The van der Waals surface area contributed by atoms with Crippen molar-refractivity contribution in [2.75, 3.05) is 0 Å². The van der Waals surface area contributed by atoms with Crippen molar-refractivity contribution in [1.29, 1.82) is 0 Å². The summed E-state index contributed by atoms with van der Waals surface area (Å²) in [5.41, 5.74) is 1.51. The van der Waals surface area contributed by atoms with Crippen LogP contribution >= 0.6 is 0 Å². The molecule has 0 aliphatic carbocycles. The lowest BCUT2D eigenvalue weighted by Crippen LogP contribution is -2.32. The number of fused-ring (bicyclic) bond motifs is 1. The van der Waals surface area contributed by atoms with Crippen molar-refractivity contribution < 1.29 is 14.3 Å². The van der Waals surface area contributed by atoms with E-state index in [1.807, 2.05) is 13.8 Å². The molecule has 0 aliphatic heterocycles. The van der Waals surface area contributed by atoms with E-state index in [1.54, 1.807) is 26.1 Å². The smallest absolute Gasteiger partial charge is 0.313 e. The lowest BCUT2D eigenvalue weighted by atomic mass is 9.76. The van der Waals surface area contributed by atoms with Crippen LogP contribution in [0.1, 0.15) is 37.0 Å². The summed E-state index contributed by atoms with van der Waals surface area (Å²) in [6.07, 6.45) is 2.09. The molecule has 3 nitrogen and oxygen atoms in total. The highest BCUT2D eigenvalue weighted by molar-refractivity contribution is 5.92. The molecule has 20 heavy (non-hydrogen) atoms. The third kappa shape index (κ3) is 2.05. The first-order valence-corrected chi connectivity index (χ1v) is 6.60. The molecule has 0 saturated carbocycles. The third-order valence-electron chi connectivity index (χ3n) is 4.07. The summed E-state index contributed by atoms with van der Waals surface area (Å²) in [4.78, 5) is 16.0. The van der Waals surface area contributed by atoms with Gasteiger partial charge in [-0.1, -0.05) is 6.92 Å². The molecule has 4 heteroatoms. The van der Waals surface area contributed by atoms with Crippen molar-refractivity contribution in [1.82, 2.24) is 4.98 Å². The van der Waals surface area contributed by atoms with E-state index >= 15 is 0 Å². The Kier molecular flexibility index (Phi) is 3.50. The van der Waals surface area contributed by atoms with Crippen LogP contribution in [-0.4, -0.2) is 16.1 Å². The molecule has 1 aromatic heterocycles. The van der Waals surface area contributed by atoms with E-state index in [-0.39, 0.29) is 5.82 Å². The summed E-state index contributed by atoms with van der Waals surface area (Å²) in [6, 6.07) is 3.06. The number of carbonyl (C=O) groups is 1. The predicted octanol–water partition coefficient (Wildman–Crippen LogP) is 3.74.